The molecule has 6 atom stereocenters. The van der Waals surface area contributed by atoms with Crippen LogP contribution in [0.3, 0.4) is 0 Å². The number of nitrogens with one attached hydrogen (secondary N) is 1. The standard InChI is InChI=1S/C55H72FN3O10/c1-7-30-66-55-49(59(35-37-18-21-39(56)22-19-37)50(62)27-20-36-14-8-9-15-36)34-46(58-69-54(2,3)4)43-31-38(16-10-12-28-60)42(17-11-13-29-61)51(52(43)55)44-32-41(24-26-47(44)68-55)67-53(63)57-45-25-23-40(64-5)33-48(45)65-6/h7,18-19,21-26,31-33,36,38,42,49,51-52,60-61H,1,8-17,20,27-30,34-35H2,2-6H3,(H,57,63). The lowest BCUT2D eigenvalue weighted by Gasteiger charge is -2.60. The van der Waals surface area contributed by atoms with E-state index in [1.807, 2.05) is 31.7 Å². The maximum Gasteiger partial charge on any atom is 0.417 e. The summed E-state index contributed by atoms with van der Waals surface area (Å²) in [5.41, 5.74) is 2.85. The summed E-state index contributed by atoms with van der Waals surface area (Å²) in [6.07, 6.45) is 13.3. The minimum Gasteiger partial charge on any atom is -0.497 e. The molecule has 3 N–H and O–H groups in total. The Morgan fingerprint density at radius 1 is 0.942 bits per heavy atom. The largest absolute Gasteiger partial charge is 0.497 e. The molecule has 69 heavy (non-hydrogen) atoms. The third-order valence-corrected chi connectivity index (χ3v) is 14.1. The van der Waals surface area contributed by atoms with Gasteiger partial charge in [0.25, 0.3) is 0 Å². The number of ether oxygens (including phenoxy) is 5. The Morgan fingerprint density at radius 3 is 2.35 bits per heavy atom. The molecule has 0 aromatic heterocycles. The van der Waals surface area contributed by atoms with Gasteiger partial charge in [0.15, 0.2) is 0 Å². The summed E-state index contributed by atoms with van der Waals surface area (Å²) in [6, 6.07) is 15.9. The molecule has 2 saturated carbocycles. The van der Waals surface area contributed by atoms with Crippen LogP contribution in [0.1, 0.15) is 121 Å². The van der Waals surface area contributed by atoms with Gasteiger partial charge in [-0.2, -0.15) is 0 Å². The average molecular weight is 954 g/mol. The van der Waals surface area contributed by atoms with Crippen LogP contribution >= 0.6 is 0 Å². The highest BCUT2D eigenvalue weighted by Crippen LogP contribution is 2.62. The number of carbonyl (C=O) groups is 2. The Labute approximate surface area is 407 Å². The summed E-state index contributed by atoms with van der Waals surface area (Å²) >= 11 is 0. The summed E-state index contributed by atoms with van der Waals surface area (Å²) in [5, 5.41) is 27.8. The van der Waals surface area contributed by atoms with Gasteiger partial charge < -0.3 is 43.6 Å². The second-order valence-corrected chi connectivity index (χ2v) is 19.9. The van der Waals surface area contributed by atoms with E-state index in [1.165, 1.54) is 19.2 Å². The fourth-order valence-corrected chi connectivity index (χ4v) is 11.0. The van der Waals surface area contributed by atoms with E-state index in [4.69, 9.17) is 33.7 Å². The van der Waals surface area contributed by atoms with Crippen molar-refractivity contribution in [2.45, 2.75) is 134 Å². The number of amides is 2. The Hall–Kier alpha value is -5.44. The van der Waals surface area contributed by atoms with Crippen molar-refractivity contribution in [2.24, 2.45) is 28.8 Å². The van der Waals surface area contributed by atoms with Crippen molar-refractivity contribution in [3.63, 3.8) is 0 Å². The van der Waals surface area contributed by atoms with Gasteiger partial charge in [0.05, 0.1) is 38.1 Å². The fraction of sp³-hybridized carbons (Fsp3) is 0.545. The maximum absolute atomic E-state index is 15.2. The fourth-order valence-electron chi connectivity index (χ4n) is 11.0. The Balaban J connectivity index is 1.41. The van der Waals surface area contributed by atoms with Crippen LogP contribution in [0.15, 0.2) is 90.1 Å². The third kappa shape index (κ3) is 12.3. The first-order valence-corrected chi connectivity index (χ1v) is 24.8. The number of aliphatic hydroxyl groups excluding tert-OH is 2. The van der Waals surface area contributed by atoms with Gasteiger partial charge in [-0.15, -0.1) is 6.58 Å². The van der Waals surface area contributed by atoms with Crippen molar-refractivity contribution in [3.05, 3.63) is 102 Å². The van der Waals surface area contributed by atoms with E-state index in [-0.39, 0.29) is 68.0 Å². The lowest BCUT2D eigenvalue weighted by molar-refractivity contribution is -0.258. The molecule has 7 rings (SSSR count). The topological polar surface area (TPSA) is 158 Å². The number of nitrogens with zero attached hydrogens (tertiary/aromatic N) is 2. The number of rotatable bonds is 22. The number of aliphatic hydroxyl groups is 2. The Kier molecular flexibility index (Phi) is 17.5. The van der Waals surface area contributed by atoms with E-state index < -0.39 is 29.4 Å². The summed E-state index contributed by atoms with van der Waals surface area (Å²) in [4.78, 5) is 37.0. The SMILES string of the molecule is C=CCOC12Oc3ccc(OC(=O)Nc4ccc(OC)cc4OC)cc3C3C(CCCCO)C(CCCCO)C=C(C(=NOC(C)(C)C)CC1N(Cc1ccc(F)cc1)C(=O)CCC1CCCC1)C32. The van der Waals surface area contributed by atoms with E-state index >= 15 is 4.79 Å². The predicted octanol–water partition coefficient (Wildman–Crippen LogP) is 10.9. The Bertz CT molecular complexity index is 2290. The van der Waals surface area contributed by atoms with Crippen LogP contribution in [-0.4, -0.2) is 84.3 Å². The molecule has 1 heterocycles. The molecule has 13 nitrogen and oxygen atoms in total. The molecule has 2 fully saturated rings. The van der Waals surface area contributed by atoms with Gasteiger partial charge in [-0.3, -0.25) is 10.1 Å². The first-order chi connectivity index (χ1) is 33.3. The van der Waals surface area contributed by atoms with Crippen LogP contribution in [0.2, 0.25) is 0 Å². The summed E-state index contributed by atoms with van der Waals surface area (Å²) < 4.78 is 46.0. The second-order valence-electron chi connectivity index (χ2n) is 19.9. The van der Waals surface area contributed by atoms with Gasteiger partial charge in [-0.05, 0) is 124 Å². The van der Waals surface area contributed by atoms with Gasteiger partial charge in [-0.1, -0.05) is 68.0 Å². The van der Waals surface area contributed by atoms with Crippen LogP contribution in [0.25, 0.3) is 0 Å². The van der Waals surface area contributed by atoms with Gasteiger partial charge in [0.2, 0.25) is 11.7 Å². The number of carbonyl (C=O) groups excluding carboxylic acids is 2. The zero-order valence-electron chi connectivity index (χ0n) is 41.1. The number of methoxy groups -OCH3 is 2. The van der Waals surface area contributed by atoms with Crippen LogP contribution in [0.4, 0.5) is 14.9 Å². The van der Waals surface area contributed by atoms with E-state index in [0.29, 0.717) is 53.8 Å². The van der Waals surface area contributed by atoms with E-state index in [0.717, 1.165) is 74.5 Å². The second kappa shape index (κ2) is 23.4. The molecule has 374 valence electrons. The number of halogens is 1. The number of anilines is 1. The predicted molar refractivity (Wildman–Crippen MR) is 263 cm³/mol. The van der Waals surface area contributed by atoms with Crippen molar-refractivity contribution in [1.29, 1.82) is 0 Å². The molecule has 3 aliphatic carbocycles. The van der Waals surface area contributed by atoms with Crippen molar-refractivity contribution in [1.82, 2.24) is 4.90 Å². The van der Waals surface area contributed by atoms with Crippen LogP contribution in [0.5, 0.6) is 23.0 Å². The molecule has 1 aliphatic heterocycles. The van der Waals surface area contributed by atoms with Crippen molar-refractivity contribution < 1.29 is 52.7 Å². The molecular weight excluding hydrogens is 882 g/mol. The van der Waals surface area contributed by atoms with Crippen molar-refractivity contribution >= 4 is 23.4 Å². The molecule has 2 amide bonds. The lowest BCUT2D eigenvalue weighted by atomic mass is 9.55. The number of fused-ring (bicyclic) bond motifs is 2. The highest BCUT2D eigenvalue weighted by Gasteiger charge is 2.65. The van der Waals surface area contributed by atoms with Crippen molar-refractivity contribution in [3.8, 4) is 23.0 Å². The van der Waals surface area contributed by atoms with Crippen LogP contribution in [-0.2, 0) is 20.9 Å². The van der Waals surface area contributed by atoms with Gasteiger partial charge in [0, 0.05) is 50.1 Å². The quantitative estimate of drug-likeness (QED) is 0.0503. The minimum absolute atomic E-state index is 0.00953. The number of unbranched alkanes of at least 4 members (excludes halogenated alkanes) is 2. The monoisotopic (exact) mass is 954 g/mol. The normalized spacial score (nSPS) is 23.5. The third-order valence-electron chi connectivity index (χ3n) is 14.1. The van der Waals surface area contributed by atoms with E-state index in [9.17, 15) is 19.4 Å². The number of oxime groups is 1. The zero-order valence-corrected chi connectivity index (χ0v) is 41.1. The molecule has 3 aromatic carbocycles. The number of hydrogen-bond acceptors (Lipinski definition) is 11. The molecule has 6 unspecified atom stereocenters. The van der Waals surface area contributed by atoms with E-state index in [1.54, 1.807) is 55.7 Å². The molecule has 3 aromatic rings. The average Bonchev–Trinajstić information content (AvgIpc) is 3.87. The van der Waals surface area contributed by atoms with Crippen LogP contribution < -0.4 is 24.3 Å². The summed E-state index contributed by atoms with van der Waals surface area (Å²) in [7, 11) is 3.05. The molecule has 0 radical (unpaired) electrons. The molecule has 0 saturated heterocycles. The van der Waals surface area contributed by atoms with Gasteiger partial charge >= 0.3 is 6.09 Å². The van der Waals surface area contributed by atoms with Crippen molar-refractivity contribution in [2.75, 3.05) is 39.4 Å². The lowest BCUT2D eigenvalue weighted by Crippen LogP contribution is -2.70. The minimum atomic E-state index is -1.50. The van der Waals surface area contributed by atoms with E-state index in [2.05, 4.69) is 18.0 Å². The molecule has 0 spiro atoms. The molecule has 14 heteroatoms. The summed E-state index contributed by atoms with van der Waals surface area (Å²) in [5.74, 6) is -0.718. The first-order valence-electron chi connectivity index (χ1n) is 24.8. The number of hydrogen-bond donors (Lipinski definition) is 3. The van der Waals surface area contributed by atoms with Gasteiger partial charge in [-0.25, -0.2) is 9.18 Å². The highest BCUT2D eigenvalue weighted by atomic mass is 19.1. The summed E-state index contributed by atoms with van der Waals surface area (Å²) in [6.45, 7) is 10.3. The maximum atomic E-state index is 15.2. The first kappa shape index (κ1) is 51.4. The van der Waals surface area contributed by atoms with Gasteiger partial charge in [0.1, 0.15) is 40.5 Å². The Morgan fingerprint density at radius 2 is 1.67 bits per heavy atom. The molecule has 0 bridgehead atoms. The molecular formula is C55H72FN3O10. The highest BCUT2D eigenvalue weighted by molar-refractivity contribution is 6.03. The molecule has 4 aliphatic rings. The smallest absolute Gasteiger partial charge is 0.417 e. The number of benzene rings is 3. The van der Waals surface area contributed by atoms with Crippen LogP contribution in [0, 0.1) is 29.5 Å². The zero-order chi connectivity index (χ0) is 49.1. The number of allylic oxidation sites excluding steroid dienone is 1.